The molecule has 1 atom stereocenters. The van der Waals surface area contributed by atoms with Crippen molar-refractivity contribution in [2.45, 2.75) is 19.0 Å². The summed E-state index contributed by atoms with van der Waals surface area (Å²) in [5.41, 5.74) is 0.393. The Morgan fingerprint density at radius 2 is 2.53 bits per heavy atom. The highest BCUT2D eigenvalue weighted by molar-refractivity contribution is 5.88. The van der Waals surface area contributed by atoms with Crippen LogP contribution in [-0.4, -0.2) is 31.6 Å². The molecular formula is C11H14N2O4. The van der Waals surface area contributed by atoms with E-state index in [0.29, 0.717) is 30.8 Å². The summed E-state index contributed by atoms with van der Waals surface area (Å²) in [5.74, 6) is 0.277. The van der Waals surface area contributed by atoms with Crippen molar-refractivity contribution in [3.05, 3.63) is 23.7 Å². The first-order valence-electron chi connectivity index (χ1n) is 5.35. The maximum Gasteiger partial charge on any atom is 0.341 e. The number of ether oxygens (including phenoxy) is 1. The predicted molar refractivity (Wildman–Crippen MR) is 58.3 cm³/mol. The fraction of sp³-hybridized carbons (Fsp3) is 0.455. The number of methoxy groups -OCH3 is 1. The lowest BCUT2D eigenvalue weighted by molar-refractivity contribution is -0.119. The van der Waals surface area contributed by atoms with Gasteiger partial charge in [0.2, 0.25) is 5.91 Å². The second-order valence-corrected chi connectivity index (χ2v) is 3.88. The maximum atomic E-state index is 11.2. The fourth-order valence-electron chi connectivity index (χ4n) is 1.69. The van der Waals surface area contributed by atoms with E-state index in [1.54, 1.807) is 6.07 Å². The van der Waals surface area contributed by atoms with Crippen molar-refractivity contribution in [1.82, 2.24) is 10.6 Å². The molecule has 2 rings (SSSR count). The molecule has 0 bridgehead atoms. The highest BCUT2D eigenvalue weighted by Gasteiger charge is 2.21. The molecule has 0 saturated carbocycles. The van der Waals surface area contributed by atoms with Gasteiger partial charge >= 0.3 is 5.97 Å². The van der Waals surface area contributed by atoms with Crippen LogP contribution in [0, 0.1) is 0 Å². The van der Waals surface area contributed by atoms with Crippen LogP contribution < -0.4 is 10.6 Å². The molecule has 92 valence electrons. The van der Waals surface area contributed by atoms with E-state index in [9.17, 15) is 9.59 Å². The molecule has 1 amide bonds. The molecule has 17 heavy (non-hydrogen) atoms. The Balaban J connectivity index is 1.85. The minimum absolute atomic E-state index is 0.0530. The third-order valence-corrected chi connectivity index (χ3v) is 2.62. The van der Waals surface area contributed by atoms with Crippen molar-refractivity contribution < 1.29 is 18.7 Å². The van der Waals surface area contributed by atoms with Gasteiger partial charge in [-0.25, -0.2) is 4.79 Å². The molecule has 1 aliphatic rings. The third kappa shape index (κ3) is 2.85. The van der Waals surface area contributed by atoms with Gasteiger partial charge in [0.15, 0.2) is 0 Å². The largest absolute Gasteiger partial charge is 0.467 e. The smallest absolute Gasteiger partial charge is 0.341 e. The summed E-state index contributed by atoms with van der Waals surface area (Å²) in [6.45, 7) is 1.11. The van der Waals surface area contributed by atoms with E-state index >= 15 is 0 Å². The highest BCUT2D eigenvalue weighted by atomic mass is 16.5. The van der Waals surface area contributed by atoms with Crippen LogP contribution in [0.2, 0.25) is 0 Å². The van der Waals surface area contributed by atoms with E-state index in [2.05, 4.69) is 15.4 Å². The van der Waals surface area contributed by atoms with Crippen LogP contribution in [0.15, 0.2) is 16.7 Å². The molecule has 2 N–H and O–H groups in total. The van der Waals surface area contributed by atoms with E-state index in [1.165, 1.54) is 13.4 Å². The number of hydrogen-bond acceptors (Lipinski definition) is 5. The second-order valence-electron chi connectivity index (χ2n) is 3.88. The minimum atomic E-state index is -0.419. The molecule has 1 aromatic rings. The van der Waals surface area contributed by atoms with Crippen LogP contribution in [0.25, 0.3) is 0 Å². The van der Waals surface area contributed by atoms with Crippen molar-refractivity contribution in [2.24, 2.45) is 0 Å². The van der Waals surface area contributed by atoms with Crippen molar-refractivity contribution in [3.8, 4) is 0 Å². The predicted octanol–water partition coefficient (Wildman–Crippen LogP) is 0.0443. The molecule has 1 aromatic heterocycles. The fourth-order valence-corrected chi connectivity index (χ4v) is 1.69. The summed E-state index contributed by atoms with van der Waals surface area (Å²) < 4.78 is 9.77. The van der Waals surface area contributed by atoms with Crippen LogP contribution in [-0.2, 0) is 16.1 Å². The first-order valence-corrected chi connectivity index (χ1v) is 5.35. The van der Waals surface area contributed by atoms with E-state index in [0.717, 1.165) is 0 Å². The average molecular weight is 238 g/mol. The van der Waals surface area contributed by atoms with Crippen molar-refractivity contribution in [1.29, 1.82) is 0 Å². The molecule has 6 nitrogen and oxygen atoms in total. The Kier molecular flexibility index (Phi) is 3.43. The van der Waals surface area contributed by atoms with Gasteiger partial charge in [-0.1, -0.05) is 0 Å². The van der Waals surface area contributed by atoms with Gasteiger partial charge in [0.05, 0.1) is 19.2 Å². The average Bonchev–Trinajstić information content (AvgIpc) is 2.94. The zero-order valence-electron chi connectivity index (χ0n) is 9.49. The van der Waals surface area contributed by atoms with Crippen LogP contribution in [0.5, 0.6) is 0 Å². The Hall–Kier alpha value is -1.82. The minimum Gasteiger partial charge on any atom is -0.467 e. The molecule has 1 aliphatic heterocycles. The molecular weight excluding hydrogens is 224 g/mol. The lowest BCUT2D eigenvalue weighted by atomic mass is 10.2. The van der Waals surface area contributed by atoms with Gasteiger partial charge in [-0.15, -0.1) is 0 Å². The van der Waals surface area contributed by atoms with E-state index in [1.807, 2.05) is 0 Å². The lowest BCUT2D eigenvalue weighted by Crippen LogP contribution is -2.30. The van der Waals surface area contributed by atoms with Gasteiger partial charge in [-0.2, -0.15) is 0 Å². The normalized spacial score (nSPS) is 19.1. The lowest BCUT2D eigenvalue weighted by Gasteiger charge is -2.07. The van der Waals surface area contributed by atoms with Crippen LogP contribution in [0.4, 0.5) is 0 Å². The molecule has 0 spiro atoms. The summed E-state index contributed by atoms with van der Waals surface area (Å²) in [6.07, 6.45) is 1.84. The molecule has 6 heteroatoms. The first kappa shape index (κ1) is 11.7. The maximum absolute atomic E-state index is 11.2. The Morgan fingerprint density at radius 1 is 1.71 bits per heavy atom. The summed E-state index contributed by atoms with van der Waals surface area (Å²) in [5, 5.41) is 5.90. The number of carbonyl (C=O) groups is 2. The summed E-state index contributed by atoms with van der Waals surface area (Å²) in [7, 11) is 1.32. The zero-order chi connectivity index (χ0) is 12.3. The van der Waals surface area contributed by atoms with Gasteiger partial charge < -0.3 is 19.8 Å². The van der Waals surface area contributed by atoms with Gasteiger partial charge in [0.25, 0.3) is 0 Å². The molecule has 0 radical (unpaired) electrons. The first-order chi connectivity index (χ1) is 8.19. The van der Waals surface area contributed by atoms with E-state index < -0.39 is 5.97 Å². The van der Waals surface area contributed by atoms with Crippen LogP contribution >= 0.6 is 0 Å². The highest BCUT2D eigenvalue weighted by Crippen LogP contribution is 2.09. The molecule has 1 fully saturated rings. The zero-order valence-corrected chi connectivity index (χ0v) is 9.49. The third-order valence-electron chi connectivity index (χ3n) is 2.62. The number of esters is 1. The Morgan fingerprint density at radius 3 is 3.18 bits per heavy atom. The van der Waals surface area contributed by atoms with E-state index in [4.69, 9.17) is 4.42 Å². The number of nitrogens with one attached hydrogen (secondary N) is 2. The number of furan rings is 1. The van der Waals surface area contributed by atoms with Gasteiger partial charge in [-0.3, -0.25) is 4.79 Å². The number of amides is 1. The number of rotatable bonds is 4. The van der Waals surface area contributed by atoms with Crippen molar-refractivity contribution in [2.75, 3.05) is 13.7 Å². The van der Waals surface area contributed by atoms with Gasteiger partial charge in [-0.05, 0) is 6.07 Å². The summed E-state index contributed by atoms with van der Waals surface area (Å²) in [4.78, 5) is 22.1. The molecule has 2 heterocycles. The van der Waals surface area contributed by atoms with E-state index in [-0.39, 0.29) is 11.9 Å². The molecule has 1 saturated heterocycles. The summed E-state index contributed by atoms with van der Waals surface area (Å²) in [6, 6.07) is 1.75. The van der Waals surface area contributed by atoms with Crippen LogP contribution in [0.1, 0.15) is 22.5 Å². The summed E-state index contributed by atoms with van der Waals surface area (Å²) >= 11 is 0. The second kappa shape index (κ2) is 5.01. The van der Waals surface area contributed by atoms with Crippen molar-refractivity contribution in [3.63, 3.8) is 0 Å². The van der Waals surface area contributed by atoms with Crippen LogP contribution in [0.3, 0.4) is 0 Å². The number of carbonyl (C=O) groups excluding carboxylic acids is 2. The SMILES string of the molecule is COC(=O)c1coc(CNC2CNC(=O)C2)c1. The topological polar surface area (TPSA) is 80.6 Å². The standard InChI is InChI=1S/C11H14N2O4/c1-16-11(15)7-2-9(17-6-7)5-12-8-3-10(14)13-4-8/h2,6,8,12H,3-5H2,1H3,(H,13,14). The van der Waals surface area contributed by atoms with Gasteiger partial charge in [0, 0.05) is 19.0 Å². The van der Waals surface area contributed by atoms with Gasteiger partial charge in [0.1, 0.15) is 12.0 Å². The Labute approximate surface area is 98.3 Å². The quantitative estimate of drug-likeness (QED) is 0.724. The number of hydrogen-bond donors (Lipinski definition) is 2. The Bertz CT molecular complexity index is 427. The van der Waals surface area contributed by atoms with Crippen molar-refractivity contribution >= 4 is 11.9 Å². The molecule has 0 aromatic carbocycles. The monoisotopic (exact) mass is 238 g/mol. The molecule has 0 aliphatic carbocycles. The molecule has 1 unspecified atom stereocenters.